The van der Waals surface area contributed by atoms with Gasteiger partial charge in [0.2, 0.25) is 0 Å². The standard InChI is InChI=1S/C21H20ClNO4S2/c1-4-27-21(24)20-18(15-7-10-17(12(2)11-15)23-29(25)26)13(3)19(28-20)14-5-8-16(22)9-6-14/h5-11,23H,4H2,1-3H3,(H,25,26)/p-1. The zero-order valence-corrected chi connectivity index (χ0v) is 18.5. The summed E-state index contributed by atoms with van der Waals surface area (Å²) in [6.07, 6.45) is 0. The zero-order chi connectivity index (χ0) is 21.1. The fourth-order valence-electron chi connectivity index (χ4n) is 3.10. The van der Waals surface area contributed by atoms with Crippen LogP contribution in [-0.2, 0) is 16.0 Å². The van der Waals surface area contributed by atoms with Gasteiger partial charge in [0, 0.05) is 32.4 Å². The molecule has 0 amide bonds. The second-order valence-corrected chi connectivity index (χ2v) is 8.48. The minimum Gasteiger partial charge on any atom is -0.755 e. The third-order valence-corrected chi connectivity index (χ3v) is 6.38. The van der Waals surface area contributed by atoms with Crippen LogP contribution < -0.4 is 4.72 Å². The second kappa shape index (κ2) is 9.09. The topological polar surface area (TPSA) is 78.5 Å². The molecule has 0 spiro atoms. The number of halogens is 1. The lowest BCUT2D eigenvalue weighted by molar-refractivity contribution is 0.0533. The van der Waals surface area contributed by atoms with Crippen molar-refractivity contribution in [1.29, 1.82) is 0 Å². The number of thiophene rings is 1. The van der Waals surface area contributed by atoms with Crippen LogP contribution in [0.3, 0.4) is 0 Å². The van der Waals surface area contributed by atoms with Gasteiger partial charge < -0.3 is 14.0 Å². The molecule has 0 radical (unpaired) electrons. The third-order valence-electron chi connectivity index (χ3n) is 4.42. The van der Waals surface area contributed by atoms with Crippen molar-refractivity contribution in [1.82, 2.24) is 0 Å². The Morgan fingerprint density at radius 3 is 2.41 bits per heavy atom. The van der Waals surface area contributed by atoms with Crippen LogP contribution >= 0.6 is 22.9 Å². The molecular weight excluding hydrogens is 430 g/mol. The van der Waals surface area contributed by atoms with Crippen molar-refractivity contribution in [2.45, 2.75) is 20.8 Å². The summed E-state index contributed by atoms with van der Waals surface area (Å²) in [5.41, 5.74) is 4.77. The number of benzene rings is 2. The van der Waals surface area contributed by atoms with Gasteiger partial charge in [-0.3, -0.25) is 4.21 Å². The van der Waals surface area contributed by atoms with E-state index in [9.17, 15) is 13.6 Å². The number of anilines is 1. The molecule has 1 heterocycles. The molecule has 1 unspecified atom stereocenters. The maximum atomic E-state index is 12.7. The first-order valence-electron chi connectivity index (χ1n) is 8.85. The number of aryl methyl sites for hydroxylation is 1. The highest BCUT2D eigenvalue weighted by Gasteiger charge is 2.23. The summed E-state index contributed by atoms with van der Waals surface area (Å²) in [4.78, 5) is 14.1. The first kappa shape index (κ1) is 21.5. The molecule has 3 aromatic rings. The average molecular weight is 449 g/mol. The molecule has 1 N–H and O–H groups in total. The third kappa shape index (κ3) is 4.70. The van der Waals surface area contributed by atoms with E-state index in [-0.39, 0.29) is 12.6 Å². The van der Waals surface area contributed by atoms with Gasteiger partial charge in [0.05, 0.1) is 6.61 Å². The van der Waals surface area contributed by atoms with Gasteiger partial charge in [0.15, 0.2) is 0 Å². The molecule has 3 rings (SSSR count). The molecule has 0 aliphatic heterocycles. The van der Waals surface area contributed by atoms with Gasteiger partial charge in [-0.05, 0) is 67.3 Å². The zero-order valence-electron chi connectivity index (χ0n) is 16.1. The van der Waals surface area contributed by atoms with E-state index in [1.165, 1.54) is 11.3 Å². The predicted octanol–water partition coefficient (Wildman–Crippen LogP) is 5.74. The van der Waals surface area contributed by atoms with Crippen molar-refractivity contribution in [2.75, 3.05) is 11.3 Å². The Bertz CT molecular complexity index is 1080. The highest BCUT2D eigenvalue weighted by Crippen LogP contribution is 2.43. The molecule has 152 valence electrons. The fourth-order valence-corrected chi connectivity index (χ4v) is 4.86. The molecule has 0 saturated carbocycles. The number of ether oxygens (including phenoxy) is 1. The summed E-state index contributed by atoms with van der Waals surface area (Å²) in [6.45, 7) is 5.83. The van der Waals surface area contributed by atoms with Crippen LogP contribution in [0.5, 0.6) is 0 Å². The molecule has 0 saturated heterocycles. The summed E-state index contributed by atoms with van der Waals surface area (Å²) >= 11 is 4.99. The Hall–Kier alpha value is -2.19. The van der Waals surface area contributed by atoms with E-state index in [4.69, 9.17) is 16.3 Å². The largest absolute Gasteiger partial charge is 0.755 e. The second-order valence-electron chi connectivity index (χ2n) is 6.35. The van der Waals surface area contributed by atoms with Gasteiger partial charge in [-0.2, -0.15) is 0 Å². The maximum absolute atomic E-state index is 12.7. The Labute approximate surface area is 181 Å². The minimum absolute atomic E-state index is 0.280. The van der Waals surface area contributed by atoms with Crippen LogP contribution in [0.4, 0.5) is 5.69 Å². The van der Waals surface area contributed by atoms with E-state index in [0.29, 0.717) is 15.6 Å². The average Bonchev–Trinajstić information content (AvgIpc) is 3.01. The number of hydrogen-bond acceptors (Lipinski definition) is 5. The predicted molar refractivity (Wildman–Crippen MR) is 118 cm³/mol. The summed E-state index contributed by atoms with van der Waals surface area (Å²) in [6, 6.07) is 12.8. The number of esters is 1. The first-order valence-corrected chi connectivity index (χ1v) is 11.1. The van der Waals surface area contributed by atoms with E-state index in [1.54, 1.807) is 19.1 Å². The Kier molecular flexibility index (Phi) is 6.74. The van der Waals surface area contributed by atoms with E-state index < -0.39 is 11.3 Å². The van der Waals surface area contributed by atoms with E-state index in [2.05, 4.69) is 4.72 Å². The highest BCUT2D eigenvalue weighted by atomic mass is 35.5. The lowest BCUT2D eigenvalue weighted by Crippen LogP contribution is -2.05. The SMILES string of the molecule is CCOC(=O)c1sc(-c2ccc(Cl)cc2)c(C)c1-c1ccc(NS(=O)[O-])c(C)c1. The van der Waals surface area contributed by atoms with Crippen molar-refractivity contribution in [3.63, 3.8) is 0 Å². The van der Waals surface area contributed by atoms with Crippen molar-refractivity contribution in [2.24, 2.45) is 0 Å². The van der Waals surface area contributed by atoms with Crippen LogP contribution in [0.2, 0.25) is 5.02 Å². The monoisotopic (exact) mass is 448 g/mol. The minimum atomic E-state index is -2.40. The number of carbonyl (C=O) groups is 1. The van der Waals surface area contributed by atoms with E-state index in [1.807, 2.05) is 44.2 Å². The molecule has 8 heteroatoms. The molecule has 2 aromatic carbocycles. The Morgan fingerprint density at radius 2 is 1.83 bits per heavy atom. The van der Waals surface area contributed by atoms with Gasteiger partial charge in [-0.25, -0.2) is 4.79 Å². The van der Waals surface area contributed by atoms with Crippen LogP contribution in [0, 0.1) is 13.8 Å². The van der Waals surface area contributed by atoms with Crippen LogP contribution in [0.1, 0.15) is 27.7 Å². The number of carbonyl (C=O) groups excluding carboxylic acids is 1. The van der Waals surface area contributed by atoms with Crippen molar-refractivity contribution in [3.05, 3.63) is 63.5 Å². The summed E-state index contributed by atoms with van der Waals surface area (Å²) in [5, 5.41) is 0.642. The van der Waals surface area contributed by atoms with Gasteiger partial charge in [0.1, 0.15) is 4.88 Å². The molecule has 0 aliphatic rings. The molecule has 29 heavy (non-hydrogen) atoms. The maximum Gasteiger partial charge on any atom is 0.348 e. The normalized spacial score (nSPS) is 11.9. The van der Waals surface area contributed by atoms with Crippen LogP contribution in [0.15, 0.2) is 42.5 Å². The van der Waals surface area contributed by atoms with E-state index in [0.717, 1.165) is 32.7 Å². The first-order chi connectivity index (χ1) is 13.8. The number of nitrogens with one attached hydrogen (secondary N) is 1. The molecule has 0 fully saturated rings. The number of rotatable bonds is 6. The van der Waals surface area contributed by atoms with Crippen molar-refractivity contribution in [3.8, 4) is 21.6 Å². The Morgan fingerprint density at radius 1 is 1.17 bits per heavy atom. The number of hydrogen-bond donors (Lipinski definition) is 1. The Balaban J connectivity index is 2.16. The van der Waals surface area contributed by atoms with Crippen molar-refractivity contribution >= 4 is 45.9 Å². The van der Waals surface area contributed by atoms with Gasteiger partial charge in [-0.1, -0.05) is 29.8 Å². The lowest BCUT2D eigenvalue weighted by Gasteiger charge is -2.13. The molecule has 0 bridgehead atoms. The van der Waals surface area contributed by atoms with E-state index >= 15 is 0 Å². The summed E-state index contributed by atoms with van der Waals surface area (Å²) in [7, 11) is 0. The lowest BCUT2D eigenvalue weighted by atomic mass is 9.97. The molecular formula is C21H19ClNO4S2-. The molecule has 1 aromatic heterocycles. The van der Waals surface area contributed by atoms with Gasteiger partial charge in [-0.15, -0.1) is 11.3 Å². The fraction of sp³-hybridized carbons (Fsp3) is 0.190. The molecule has 1 atom stereocenters. The molecule has 5 nitrogen and oxygen atoms in total. The highest BCUT2D eigenvalue weighted by molar-refractivity contribution is 7.80. The molecule has 0 aliphatic carbocycles. The van der Waals surface area contributed by atoms with Gasteiger partial charge in [0.25, 0.3) is 0 Å². The smallest absolute Gasteiger partial charge is 0.348 e. The summed E-state index contributed by atoms with van der Waals surface area (Å²) in [5.74, 6) is -0.378. The van der Waals surface area contributed by atoms with Gasteiger partial charge >= 0.3 is 5.97 Å². The van der Waals surface area contributed by atoms with Crippen molar-refractivity contribution < 1.29 is 18.3 Å². The quantitative estimate of drug-likeness (QED) is 0.385. The van der Waals surface area contributed by atoms with Crippen LogP contribution in [-0.4, -0.2) is 21.3 Å². The summed E-state index contributed by atoms with van der Waals surface area (Å²) < 4.78 is 29.6. The van der Waals surface area contributed by atoms with Crippen LogP contribution in [0.25, 0.3) is 21.6 Å².